The second-order valence-corrected chi connectivity index (χ2v) is 7.31. The van der Waals surface area contributed by atoms with Crippen molar-refractivity contribution in [2.24, 2.45) is 5.92 Å². The molecule has 1 spiro atoms. The molecule has 1 saturated carbocycles. The van der Waals surface area contributed by atoms with Crippen molar-refractivity contribution < 1.29 is 0 Å². The zero-order valence-electron chi connectivity index (χ0n) is 14.7. The fourth-order valence-electron chi connectivity index (χ4n) is 5.04. The van der Waals surface area contributed by atoms with Gasteiger partial charge in [0.2, 0.25) is 0 Å². The summed E-state index contributed by atoms with van der Waals surface area (Å²) in [6.07, 6.45) is 5.23. The van der Waals surface area contributed by atoms with Crippen molar-refractivity contribution in [3.8, 4) is 0 Å². The van der Waals surface area contributed by atoms with Crippen molar-refractivity contribution in [3.63, 3.8) is 0 Å². The smallest absolute Gasteiger partial charge is 0.113 e. The molecule has 122 valence electrons. The monoisotopic (exact) mass is 308 g/mol. The summed E-state index contributed by atoms with van der Waals surface area (Å²) in [5.74, 6) is 0.867. The van der Waals surface area contributed by atoms with Gasteiger partial charge in [0.25, 0.3) is 0 Å². The van der Waals surface area contributed by atoms with Crippen LogP contribution in [0.15, 0.2) is 36.4 Å². The van der Waals surface area contributed by atoms with E-state index in [9.17, 15) is 0 Å². The minimum Gasteiger partial charge on any atom is -0.348 e. The molecule has 2 aromatic rings. The molecule has 0 atom stereocenters. The van der Waals surface area contributed by atoms with Crippen LogP contribution in [0.4, 0.5) is 11.4 Å². The number of benzene rings is 2. The Balaban J connectivity index is 1.96. The van der Waals surface area contributed by atoms with Gasteiger partial charge < -0.3 is 9.80 Å². The lowest BCUT2D eigenvalue weighted by atomic mass is 9.78. The van der Waals surface area contributed by atoms with Gasteiger partial charge in [0.15, 0.2) is 0 Å². The Bertz CT molecular complexity index is 664. The maximum absolute atomic E-state index is 2.71. The third-order valence-electron chi connectivity index (χ3n) is 6.15. The Morgan fingerprint density at radius 2 is 1.43 bits per heavy atom. The highest BCUT2D eigenvalue weighted by Crippen LogP contribution is 2.50. The van der Waals surface area contributed by atoms with Gasteiger partial charge >= 0.3 is 0 Å². The molecule has 0 unspecified atom stereocenters. The average molecular weight is 308 g/mol. The molecule has 0 amide bonds. The lowest BCUT2D eigenvalue weighted by molar-refractivity contribution is 0.221. The summed E-state index contributed by atoms with van der Waals surface area (Å²) in [6, 6.07) is 13.6. The first-order chi connectivity index (χ1) is 11.2. The molecule has 0 bridgehead atoms. The van der Waals surface area contributed by atoms with Crippen LogP contribution in [-0.4, -0.2) is 18.8 Å². The van der Waals surface area contributed by atoms with E-state index >= 15 is 0 Å². The number of hydrogen-bond donors (Lipinski definition) is 0. The summed E-state index contributed by atoms with van der Waals surface area (Å²) in [7, 11) is 0. The zero-order chi connectivity index (χ0) is 16.0. The van der Waals surface area contributed by atoms with Gasteiger partial charge in [0.1, 0.15) is 5.66 Å². The van der Waals surface area contributed by atoms with Crippen molar-refractivity contribution in [2.45, 2.75) is 52.1 Å². The lowest BCUT2D eigenvalue weighted by Gasteiger charge is -2.58. The van der Waals surface area contributed by atoms with Crippen LogP contribution in [0.1, 0.15) is 46.5 Å². The number of hydrogen-bond acceptors (Lipinski definition) is 2. The Kier molecular flexibility index (Phi) is 3.51. The molecular weight excluding hydrogens is 280 g/mol. The summed E-state index contributed by atoms with van der Waals surface area (Å²) in [4.78, 5) is 5.41. The molecule has 2 aromatic carbocycles. The standard InChI is InChI=1S/C21H28N2/c1-4-22-18-10-6-8-17-9-7-11-19(20(17)18)23(5-2)21(22)14-12-16(3)13-15-21/h6-11,16H,4-5,12-15H2,1-3H3. The van der Waals surface area contributed by atoms with E-state index in [0.29, 0.717) is 0 Å². The van der Waals surface area contributed by atoms with Gasteiger partial charge in [-0.2, -0.15) is 0 Å². The van der Waals surface area contributed by atoms with E-state index in [4.69, 9.17) is 0 Å². The largest absolute Gasteiger partial charge is 0.348 e. The maximum atomic E-state index is 2.71. The Labute approximate surface area is 140 Å². The van der Waals surface area contributed by atoms with E-state index in [0.717, 1.165) is 19.0 Å². The van der Waals surface area contributed by atoms with E-state index in [2.05, 4.69) is 67.0 Å². The van der Waals surface area contributed by atoms with Crippen LogP contribution >= 0.6 is 0 Å². The van der Waals surface area contributed by atoms with Gasteiger partial charge in [-0.15, -0.1) is 0 Å². The molecule has 4 rings (SSSR count). The number of rotatable bonds is 2. The number of nitrogens with zero attached hydrogens (tertiary/aromatic N) is 2. The molecule has 1 aliphatic carbocycles. The Morgan fingerprint density at radius 3 is 1.91 bits per heavy atom. The molecule has 0 N–H and O–H groups in total. The summed E-state index contributed by atoms with van der Waals surface area (Å²) >= 11 is 0. The van der Waals surface area contributed by atoms with E-state index < -0.39 is 0 Å². The molecule has 2 nitrogen and oxygen atoms in total. The minimum absolute atomic E-state index is 0.179. The molecule has 1 heterocycles. The van der Waals surface area contributed by atoms with Gasteiger partial charge in [-0.3, -0.25) is 0 Å². The van der Waals surface area contributed by atoms with Gasteiger partial charge in [0, 0.05) is 29.9 Å². The lowest BCUT2D eigenvalue weighted by Crippen LogP contribution is -2.64. The second kappa shape index (κ2) is 5.43. The topological polar surface area (TPSA) is 6.48 Å². The molecular formula is C21H28N2. The predicted molar refractivity (Wildman–Crippen MR) is 100 cm³/mol. The summed E-state index contributed by atoms with van der Waals surface area (Å²) in [5.41, 5.74) is 3.07. The first-order valence-corrected chi connectivity index (χ1v) is 9.28. The highest BCUT2D eigenvalue weighted by atomic mass is 15.4. The molecule has 2 aliphatic rings. The number of anilines is 2. The van der Waals surface area contributed by atoms with Gasteiger partial charge in [-0.25, -0.2) is 0 Å². The molecule has 23 heavy (non-hydrogen) atoms. The Hall–Kier alpha value is -1.70. The third kappa shape index (κ3) is 2.00. The van der Waals surface area contributed by atoms with Crippen LogP contribution in [0.25, 0.3) is 10.8 Å². The fourth-order valence-corrected chi connectivity index (χ4v) is 5.04. The highest BCUT2D eigenvalue weighted by Gasteiger charge is 2.47. The van der Waals surface area contributed by atoms with Crippen molar-refractivity contribution in [1.82, 2.24) is 0 Å². The molecule has 0 saturated heterocycles. The van der Waals surface area contributed by atoms with Crippen LogP contribution in [-0.2, 0) is 0 Å². The molecule has 2 heteroatoms. The molecule has 1 aliphatic heterocycles. The van der Waals surface area contributed by atoms with Crippen molar-refractivity contribution >= 4 is 22.1 Å². The van der Waals surface area contributed by atoms with Crippen LogP contribution in [0.2, 0.25) is 0 Å². The van der Waals surface area contributed by atoms with Crippen molar-refractivity contribution in [1.29, 1.82) is 0 Å². The SMILES string of the molecule is CCN1c2cccc3cccc(c23)N(CC)C12CCC(C)CC2. The van der Waals surface area contributed by atoms with E-state index in [1.54, 1.807) is 0 Å². The first-order valence-electron chi connectivity index (χ1n) is 9.28. The first kappa shape index (κ1) is 14.9. The highest BCUT2D eigenvalue weighted by molar-refractivity contribution is 6.06. The predicted octanol–water partition coefficient (Wildman–Crippen LogP) is 5.41. The minimum atomic E-state index is 0.179. The second-order valence-electron chi connectivity index (χ2n) is 7.31. The van der Waals surface area contributed by atoms with Gasteiger partial charge in [-0.05, 0) is 63.0 Å². The van der Waals surface area contributed by atoms with Crippen LogP contribution in [0.3, 0.4) is 0 Å². The fraction of sp³-hybridized carbons (Fsp3) is 0.524. The zero-order valence-corrected chi connectivity index (χ0v) is 14.7. The van der Waals surface area contributed by atoms with Crippen LogP contribution in [0, 0.1) is 5.92 Å². The average Bonchev–Trinajstić information content (AvgIpc) is 2.58. The summed E-state index contributed by atoms with van der Waals surface area (Å²) in [5, 5.41) is 2.82. The van der Waals surface area contributed by atoms with Crippen LogP contribution in [0.5, 0.6) is 0 Å². The third-order valence-corrected chi connectivity index (χ3v) is 6.15. The van der Waals surface area contributed by atoms with Crippen molar-refractivity contribution in [3.05, 3.63) is 36.4 Å². The Morgan fingerprint density at radius 1 is 0.913 bits per heavy atom. The van der Waals surface area contributed by atoms with E-state index in [-0.39, 0.29) is 5.66 Å². The maximum Gasteiger partial charge on any atom is 0.113 e. The van der Waals surface area contributed by atoms with Gasteiger partial charge in [0.05, 0.1) is 0 Å². The summed E-state index contributed by atoms with van der Waals surface area (Å²) in [6.45, 7) is 9.22. The van der Waals surface area contributed by atoms with E-state index in [1.165, 1.54) is 47.8 Å². The van der Waals surface area contributed by atoms with E-state index in [1.807, 2.05) is 0 Å². The summed E-state index contributed by atoms with van der Waals surface area (Å²) < 4.78 is 0. The molecule has 0 radical (unpaired) electrons. The quantitative estimate of drug-likeness (QED) is 0.731. The van der Waals surface area contributed by atoms with Crippen LogP contribution < -0.4 is 9.80 Å². The molecule has 1 fully saturated rings. The molecule has 0 aromatic heterocycles. The van der Waals surface area contributed by atoms with Gasteiger partial charge in [-0.1, -0.05) is 31.2 Å². The normalized spacial score (nSPS) is 20.5. The van der Waals surface area contributed by atoms with Crippen molar-refractivity contribution in [2.75, 3.05) is 22.9 Å².